The molecule has 0 aliphatic heterocycles. The molecule has 0 amide bonds. The van der Waals surface area contributed by atoms with Gasteiger partial charge in [-0.2, -0.15) is 0 Å². The summed E-state index contributed by atoms with van der Waals surface area (Å²) in [5, 5.41) is 7.63. The van der Waals surface area contributed by atoms with Crippen LogP contribution in [0.25, 0.3) is 0 Å². The van der Waals surface area contributed by atoms with E-state index in [9.17, 15) is 0 Å². The van der Waals surface area contributed by atoms with Crippen LogP contribution in [0.5, 0.6) is 5.88 Å². The standard InChI is InChI=1S/C12H18ClN3O2/c1-12(2,17-3)5-7-18-11-9(13)8(10(14)15)4-6-16-11/h4,6H,5,7H2,1-3H3,(H3,14,15). The lowest BCUT2D eigenvalue weighted by Gasteiger charge is -2.22. The van der Waals surface area contributed by atoms with E-state index in [0.717, 1.165) is 0 Å². The zero-order chi connectivity index (χ0) is 13.8. The van der Waals surface area contributed by atoms with Gasteiger partial charge in [0.25, 0.3) is 0 Å². The van der Waals surface area contributed by atoms with Crippen LogP contribution in [0.1, 0.15) is 25.8 Å². The number of hydrogen-bond donors (Lipinski definition) is 2. The summed E-state index contributed by atoms with van der Waals surface area (Å²) in [6.45, 7) is 4.36. The van der Waals surface area contributed by atoms with Crippen LogP contribution in [0, 0.1) is 5.41 Å². The second-order valence-corrected chi connectivity index (χ2v) is 4.83. The van der Waals surface area contributed by atoms with Crippen LogP contribution in [-0.2, 0) is 4.74 Å². The van der Waals surface area contributed by atoms with E-state index in [1.807, 2.05) is 13.8 Å². The molecule has 0 aliphatic carbocycles. The van der Waals surface area contributed by atoms with Crippen molar-refractivity contribution in [1.82, 2.24) is 4.98 Å². The average Bonchev–Trinajstić information content (AvgIpc) is 2.31. The van der Waals surface area contributed by atoms with Crippen LogP contribution in [0.15, 0.2) is 12.3 Å². The van der Waals surface area contributed by atoms with Crippen LogP contribution >= 0.6 is 11.6 Å². The number of nitrogens with one attached hydrogen (secondary N) is 1. The molecular formula is C12H18ClN3O2. The first-order valence-corrected chi connectivity index (χ1v) is 5.92. The van der Waals surface area contributed by atoms with Crippen molar-refractivity contribution in [3.05, 3.63) is 22.8 Å². The van der Waals surface area contributed by atoms with E-state index in [1.54, 1.807) is 13.2 Å². The van der Waals surface area contributed by atoms with Gasteiger partial charge in [-0.05, 0) is 19.9 Å². The monoisotopic (exact) mass is 271 g/mol. The van der Waals surface area contributed by atoms with Crippen molar-refractivity contribution in [2.75, 3.05) is 13.7 Å². The largest absolute Gasteiger partial charge is 0.476 e. The fourth-order valence-corrected chi connectivity index (χ4v) is 1.50. The smallest absolute Gasteiger partial charge is 0.233 e. The zero-order valence-electron chi connectivity index (χ0n) is 10.8. The molecule has 1 aromatic heterocycles. The summed E-state index contributed by atoms with van der Waals surface area (Å²) >= 11 is 6.05. The van der Waals surface area contributed by atoms with E-state index in [0.29, 0.717) is 18.6 Å². The lowest BCUT2D eigenvalue weighted by atomic mass is 10.1. The Kier molecular flexibility index (Phi) is 4.93. The fourth-order valence-electron chi connectivity index (χ4n) is 1.23. The number of ether oxygens (including phenoxy) is 2. The number of nitrogens with two attached hydrogens (primary N) is 1. The first-order valence-electron chi connectivity index (χ1n) is 5.54. The van der Waals surface area contributed by atoms with Crippen molar-refractivity contribution in [1.29, 1.82) is 5.41 Å². The Balaban J connectivity index is 2.69. The molecule has 6 heteroatoms. The van der Waals surface area contributed by atoms with Crippen molar-refractivity contribution in [2.24, 2.45) is 5.73 Å². The normalized spacial score (nSPS) is 11.3. The lowest BCUT2D eigenvalue weighted by Crippen LogP contribution is -2.25. The molecule has 3 N–H and O–H groups in total. The molecule has 18 heavy (non-hydrogen) atoms. The Hall–Kier alpha value is -1.33. The predicted molar refractivity (Wildman–Crippen MR) is 71.5 cm³/mol. The van der Waals surface area contributed by atoms with Gasteiger partial charge >= 0.3 is 0 Å². The minimum absolute atomic E-state index is 0.107. The molecule has 0 saturated heterocycles. The zero-order valence-corrected chi connectivity index (χ0v) is 11.5. The number of aromatic nitrogens is 1. The highest BCUT2D eigenvalue weighted by Crippen LogP contribution is 2.25. The van der Waals surface area contributed by atoms with Crippen LogP contribution < -0.4 is 10.5 Å². The number of amidine groups is 1. The van der Waals surface area contributed by atoms with Crippen molar-refractivity contribution < 1.29 is 9.47 Å². The minimum Gasteiger partial charge on any atom is -0.476 e. The molecule has 0 unspecified atom stereocenters. The topological polar surface area (TPSA) is 81.2 Å². The van der Waals surface area contributed by atoms with Crippen LogP contribution in [0.3, 0.4) is 0 Å². The van der Waals surface area contributed by atoms with Gasteiger partial charge in [-0.3, -0.25) is 5.41 Å². The van der Waals surface area contributed by atoms with Gasteiger partial charge in [-0.1, -0.05) is 11.6 Å². The Bertz CT molecular complexity index is 435. The fraction of sp³-hybridized carbons (Fsp3) is 0.500. The third-order valence-electron chi connectivity index (χ3n) is 2.64. The quantitative estimate of drug-likeness (QED) is 0.614. The van der Waals surface area contributed by atoms with E-state index in [-0.39, 0.29) is 22.3 Å². The van der Waals surface area contributed by atoms with E-state index in [4.69, 9.17) is 32.2 Å². The van der Waals surface area contributed by atoms with E-state index in [1.165, 1.54) is 6.20 Å². The van der Waals surface area contributed by atoms with E-state index < -0.39 is 0 Å². The molecule has 0 saturated carbocycles. The van der Waals surface area contributed by atoms with Gasteiger partial charge in [-0.25, -0.2) is 4.98 Å². The summed E-state index contributed by atoms with van der Waals surface area (Å²) in [6.07, 6.45) is 2.21. The van der Waals surface area contributed by atoms with Crippen LogP contribution in [-0.4, -0.2) is 30.1 Å². The van der Waals surface area contributed by atoms with Gasteiger partial charge in [0, 0.05) is 25.3 Å². The van der Waals surface area contributed by atoms with Gasteiger partial charge in [0.1, 0.15) is 10.9 Å². The molecule has 1 rings (SSSR count). The highest BCUT2D eigenvalue weighted by Gasteiger charge is 2.17. The maximum Gasteiger partial charge on any atom is 0.233 e. The molecule has 1 heterocycles. The molecule has 0 aliphatic rings. The molecule has 0 bridgehead atoms. The third-order valence-corrected chi connectivity index (χ3v) is 3.01. The SMILES string of the molecule is COC(C)(C)CCOc1nccc(C(=N)N)c1Cl. The van der Waals surface area contributed by atoms with Crippen LogP contribution in [0.4, 0.5) is 0 Å². The van der Waals surface area contributed by atoms with Gasteiger partial charge in [0.15, 0.2) is 0 Å². The van der Waals surface area contributed by atoms with Gasteiger partial charge in [0.05, 0.1) is 12.2 Å². The second-order valence-electron chi connectivity index (χ2n) is 4.45. The lowest BCUT2D eigenvalue weighted by molar-refractivity contribution is 0.00509. The summed E-state index contributed by atoms with van der Waals surface area (Å²) in [7, 11) is 1.65. The molecule has 1 aromatic rings. The van der Waals surface area contributed by atoms with Crippen molar-refractivity contribution >= 4 is 17.4 Å². The predicted octanol–water partition coefficient (Wildman–Crippen LogP) is 2.21. The molecule has 100 valence electrons. The molecule has 5 nitrogen and oxygen atoms in total. The number of nitrogen functional groups attached to an aromatic ring is 1. The van der Waals surface area contributed by atoms with Gasteiger partial charge in [-0.15, -0.1) is 0 Å². The average molecular weight is 272 g/mol. The Morgan fingerprint density at radius 3 is 2.78 bits per heavy atom. The van der Waals surface area contributed by atoms with E-state index in [2.05, 4.69) is 4.98 Å². The Morgan fingerprint density at radius 1 is 1.56 bits per heavy atom. The summed E-state index contributed by atoms with van der Waals surface area (Å²) in [6, 6.07) is 1.58. The summed E-state index contributed by atoms with van der Waals surface area (Å²) < 4.78 is 10.8. The first kappa shape index (κ1) is 14.7. The minimum atomic E-state index is -0.259. The number of hydrogen-bond acceptors (Lipinski definition) is 4. The molecule has 0 radical (unpaired) electrons. The van der Waals surface area contributed by atoms with E-state index >= 15 is 0 Å². The number of halogens is 1. The Morgan fingerprint density at radius 2 is 2.22 bits per heavy atom. The maximum atomic E-state index is 7.37. The number of rotatable bonds is 6. The number of methoxy groups -OCH3 is 1. The molecule has 0 spiro atoms. The van der Waals surface area contributed by atoms with Gasteiger partial charge in [0.2, 0.25) is 5.88 Å². The summed E-state index contributed by atoms with van der Waals surface area (Å²) in [4.78, 5) is 4.02. The second kappa shape index (κ2) is 6.02. The number of pyridine rings is 1. The highest BCUT2D eigenvalue weighted by atomic mass is 35.5. The van der Waals surface area contributed by atoms with Gasteiger partial charge < -0.3 is 15.2 Å². The van der Waals surface area contributed by atoms with Crippen molar-refractivity contribution in [3.8, 4) is 5.88 Å². The Labute approximate surface area is 112 Å². The van der Waals surface area contributed by atoms with Crippen molar-refractivity contribution in [2.45, 2.75) is 25.9 Å². The molecule has 0 aromatic carbocycles. The van der Waals surface area contributed by atoms with Crippen molar-refractivity contribution in [3.63, 3.8) is 0 Å². The summed E-state index contributed by atoms with van der Waals surface area (Å²) in [5.74, 6) is 0.181. The van der Waals surface area contributed by atoms with Crippen LogP contribution in [0.2, 0.25) is 5.02 Å². The molecule has 0 fully saturated rings. The molecular weight excluding hydrogens is 254 g/mol. The first-order chi connectivity index (χ1) is 8.37. The summed E-state index contributed by atoms with van der Waals surface area (Å²) in [5.41, 5.74) is 5.56. The maximum absolute atomic E-state index is 7.37. The molecule has 0 atom stereocenters. The third kappa shape index (κ3) is 3.85. The highest BCUT2D eigenvalue weighted by molar-refractivity contribution is 6.35. The number of nitrogens with zero attached hydrogens (tertiary/aromatic N) is 1.